The Bertz CT molecular complexity index is 1550. The number of aromatic nitrogens is 2. The van der Waals surface area contributed by atoms with Gasteiger partial charge in [0.15, 0.2) is 11.5 Å². The predicted octanol–water partition coefficient (Wildman–Crippen LogP) is 5.86. The number of aryl methyl sites for hydroxylation is 1. The van der Waals surface area contributed by atoms with Crippen LogP contribution in [0.2, 0.25) is 0 Å². The van der Waals surface area contributed by atoms with Crippen LogP contribution in [0.5, 0.6) is 17.2 Å². The van der Waals surface area contributed by atoms with Crippen molar-refractivity contribution in [3.63, 3.8) is 0 Å². The first-order chi connectivity index (χ1) is 17.7. The quantitative estimate of drug-likeness (QED) is 0.280. The maximum absolute atomic E-state index is 13.7. The highest BCUT2D eigenvalue weighted by atomic mass is 16.5. The molecule has 0 aliphatic rings. The lowest BCUT2D eigenvalue weighted by molar-refractivity contribution is 0.286. The minimum absolute atomic E-state index is 0.207. The molecule has 0 spiro atoms. The normalized spacial score (nSPS) is 10.8. The second-order valence-electron chi connectivity index (χ2n) is 8.31. The number of rotatable bonds is 8. The van der Waals surface area contributed by atoms with Gasteiger partial charge in [0.2, 0.25) is 0 Å². The number of ether oxygens (including phenoxy) is 3. The highest BCUT2D eigenvalue weighted by Gasteiger charge is 2.19. The topological polar surface area (TPSA) is 62.6 Å². The average molecular weight is 479 g/mol. The minimum Gasteiger partial charge on any atom is -0.491 e. The number of para-hydroxylation sites is 2. The van der Waals surface area contributed by atoms with Crippen molar-refractivity contribution in [1.82, 2.24) is 9.55 Å². The molecular weight excluding hydrogens is 452 g/mol. The van der Waals surface area contributed by atoms with Gasteiger partial charge in [0.05, 0.1) is 18.2 Å². The summed E-state index contributed by atoms with van der Waals surface area (Å²) in [6.07, 6.45) is 0. The fourth-order valence-electron chi connectivity index (χ4n) is 4.14. The summed E-state index contributed by atoms with van der Waals surface area (Å²) in [5.74, 6) is 2.08. The Balaban J connectivity index is 1.52. The van der Waals surface area contributed by atoms with Crippen molar-refractivity contribution in [1.29, 1.82) is 0 Å². The van der Waals surface area contributed by atoms with Gasteiger partial charge in [-0.2, -0.15) is 0 Å². The Kier molecular flexibility index (Phi) is 6.67. The SMILES string of the molecule is COc1c(OCc2ccccc2)ccc2c(=O)n(-c3ccccc3OCc3ccccc3)c(C)nc12. The van der Waals surface area contributed by atoms with Crippen LogP contribution in [0, 0.1) is 6.92 Å². The van der Waals surface area contributed by atoms with E-state index in [1.54, 1.807) is 30.7 Å². The highest BCUT2D eigenvalue weighted by molar-refractivity contribution is 5.87. The number of hydrogen-bond acceptors (Lipinski definition) is 5. The van der Waals surface area contributed by atoms with Crippen molar-refractivity contribution in [2.45, 2.75) is 20.1 Å². The van der Waals surface area contributed by atoms with Gasteiger partial charge in [-0.3, -0.25) is 9.36 Å². The van der Waals surface area contributed by atoms with Crippen molar-refractivity contribution in [2.24, 2.45) is 0 Å². The number of fused-ring (bicyclic) bond motifs is 1. The second kappa shape index (κ2) is 10.4. The first kappa shape index (κ1) is 23.2. The zero-order valence-corrected chi connectivity index (χ0v) is 20.2. The highest BCUT2D eigenvalue weighted by Crippen LogP contribution is 2.34. The minimum atomic E-state index is -0.207. The third-order valence-electron chi connectivity index (χ3n) is 5.91. The molecule has 36 heavy (non-hydrogen) atoms. The maximum Gasteiger partial charge on any atom is 0.266 e. The predicted molar refractivity (Wildman–Crippen MR) is 140 cm³/mol. The van der Waals surface area contributed by atoms with Crippen LogP contribution in [-0.2, 0) is 13.2 Å². The molecule has 0 unspecified atom stereocenters. The van der Waals surface area contributed by atoms with Crippen LogP contribution in [-0.4, -0.2) is 16.7 Å². The van der Waals surface area contributed by atoms with Gasteiger partial charge < -0.3 is 14.2 Å². The van der Waals surface area contributed by atoms with Crippen molar-refractivity contribution in [3.8, 4) is 22.9 Å². The van der Waals surface area contributed by atoms with Gasteiger partial charge in [-0.25, -0.2) is 4.98 Å². The number of hydrogen-bond donors (Lipinski definition) is 0. The van der Waals surface area contributed by atoms with Crippen LogP contribution < -0.4 is 19.8 Å². The van der Waals surface area contributed by atoms with Gasteiger partial charge in [-0.05, 0) is 42.3 Å². The van der Waals surface area contributed by atoms with Gasteiger partial charge in [-0.1, -0.05) is 72.8 Å². The van der Waals surface area contributed by atoms with E-state index in [1.165, 1.54) is 0 Å². The molecule has 0 fully saturated rings. The molecule has 6 nitrogen and oxygen atoms in total. The number of benzene rings is 4. The van der Waals surface area contributed by atoms with Crippen molar-refractivity contribution >= 4 is 10.9 Å². The zero-order chi connectivity index (χ0) is 24.9. The van der Waals surface area contributed by atoms with Gasteiger partial charge in [-0.15, -0.1) is 0 Å². The molecule has 180 valence electrons. The Hall–Kier alpha value is -4.58. The van der Waals surface area contributed by atoms with Crippen LogP contribution in [0.4, 0.5) is 0 Å². The molecule has 0 amide bonds. The van der Waals surface area contributed by atoms with E-state index in [2.05, 4.69) is 0 Å². The molecule has 0 atom stereocenters. The Morgan fingerprint density at radius 3 is 1.94 bits per heavy atom. The lowest BCUT2D eigenvalue weighted by Gasteiger charge is -2.17. The van der Waals surface area contributed by atoms with Gasteiger partial charge in [0.25, 0.3) is 5.56 Å². The molecule has 1 heterocycles. The molecule has 4 aromatic carbocycles. The van der Waals surface area contributed by atoms with Crippen LogP contribution in [0.15, 0.2) is 102 Å². The summed E-state index contributed by atoms with van der Waals surface area (Å²) in [5, 5.41) is 0.433. The van der Waals surface area contributed by atoms with E-state index in [-0.39, 0.29) is 5.56 Å². The molecule has 0 saturated carbocycles. The van der Waals surface area contributed by atoms with Crippen molar-refractivity contribution in [2.75, 3.05) is 7.11 Å². The molecule has 0 radical (unpaired) electrons. The van der Waals surface area contributed by atoms with Crippen LogP contribution in [0.25, 0.3) is 16.6 Å². The van der Waals surface area contributed by atoms with Gasteiger partial charge in [0, 0.05) is 0 Å². The smallest absolute Gasteiger partial charge is 0.266 e. The molecular formula is C30H26N2O4. The lowest BCUT2D eigenvalue weighted by Crippen LogP contribution is -2.23. The molecule has 0 N–H and O–H groups in total. The van der Waals surface area contributed by atoms with E-state index in [0.29, 0.717) is 52.9 Å². The molecule has 5 rings (SSSR count). The summed E-state index contributed by atoms with van der Waals surface area (Å²) in [5.41, 5.74) is 2.96. The Morgan fingerprint density at radius 1 is 0.722 bits per heavy atom. The summed E-state index contributed by atoms with van der Waals surface area (Å²) < 4.78 is 19.4. The van der Waals surface area contributed by atoms with Crippen molar-refractivity contribution in [3.05, 3.63) is 124 Å². The summed E-state index contributed by atoms with van der Waals surface area (Å²) in [6.45, 7) is 2.57. The molecule has 5 aromatic rings. The Morgan fingerprint density at radius 2 is 1.31 bits per heavy atom. The fraction of sp³-hybridized carbons (Fsp3) is 0.133. The van der Waals surface area contributed by atoms with Crippen molar-refractivity contribution < 1.29 is 14.2 Å². The summed E-state index contributed by atoms with van der Waals surface area (Å²) in [6, 6.07) is 30.7. The number of nitrogens with zero attached hydrogens (tertiary/aromatic N) is 2. The van der Waals surface area contributed by atoms with E-state index in [9.17, 15) is 4.79 Å². The first-order valence-electron chi connectivity index (χ1n) is 11.7. The van der Waals surface area contributed by atoms with E-state index >= 15 is 0 Å². The maximum atomic E-state index is 13.7. The van der Waals surface area contributed by atoms with E-state index in [1.807, 2.05) is 84.9 Å². The molecule has 0 aliphatic heterocycles. The molecule has 1 aromatic heterocycles. The largest absolute Gasteiger partial charge is 0.491 e. The molecule has 6 heteroatoms. The summed E-state index contributed by atoms with van der Waals surface area (Å²) >= 11 is 0. The summed E-state index contributed by atoms with van der Waals surface area (Å²) in [4.78, 5) is 18.5. The lowest BCUT2D eigenvalue weighted by atomic mass is 10.2. The van der Waals surface area contributed by atoms with Crippen LogP contribution in [0.3, 0.4) is 0 Å². The fourth-order valence-corrected chi connectivity index (χ4v) is 4.14. The standard InChI is InChI=1S/C30H26N2O4/c1-21-31-28-24(17-18-27(29(28)34-2)36-20-23-13-7-4-8-14-23)30(33)32(21)25-15-9-10-16-26(25)35-19-22-11-5-3-6-12-22/h3-18H,19-20H2,1-2H3. The van der Waals surface area contributed by atoms with Gasteiger partial charge in [0.1, 0.15) is 30.3 Å². The third-order valence-corrected chi connectivity index (χ3v) is 5.91. The third kappa shape index (κ3) is 4.66. The van der Waals surface area contributed by atoms with Crippen LogP contribution >= 0.6 is 0 Å². The first-order valence-corrected chi connectivity index (χ1v) is 11.7. The molecule has 0 bridgehead atoms. The average Bonchev–Trinajstić information content (AvgIpc) is 2.92. The van der Waals surface area contributed by atoms with E-state index in [4.69, 9.17) is 19.2 Å². The molecule has 0 saturated heterocycles. The summed E-state index contributed by atoms with van der Waals surface area (Å²) in [7, 11) is 1.55. The Labute approximate surface area is 209 Å². The van der Waals surface area contributed by atoms with Crippen LogP contribution in [0.1, 0.15) is 17.0 Å². The zero-order valence-electron chi connectivity index (χ0n) is 20.2. The second-order valence-corrected chi connectivity index (χ2v) is 8.31. The van der Waals surface area contributed by atoms with Gasteiger partial charge >= 0.3 is 0 Å². The van der Waals surface area contributed by atoms with E-state index < -0.39 is 0 Å². The number of methoxy groups -OCH3 is 1. The molecule has 0 aliphatic carbocycles. The van der Waals surface area contributed by atoms with E-state index in [0.717, 1.165) is 11.1 Å². The monoisotopic (exact) mass is 478 g/mol.